The van der Waals surface area contributed by atoms with E-state index in [1.807, 2.05) is 0 Å². The molecule has 0 radical (unpaired) electrons. The highest BCUT2D eigenvalue weighted by atomic mass is 35.5. The third kappa shape index (κ3) is 8.44. The van der Waals surface area contributed by atoms with E-state index in [0.717, 1.165) is 4.90 Å². The second-order valence-corrected chi connectivity index (χ2v) is 10.0. The van der Waals surface area contributed by atoms with Crippen molar-refractivity contribution >= 4 is 58.5 Å². The number of halogens is 2. The highest BCUT2D eigenvalue weighted by Crippen LogP contribution is 2.24. The zero-order chi connectivity index (χ0) is 29.2. The van der Waals surface area contributed by atoms with E-state index >= 15 is 0 Å². The lowest BCUT2D eigenvalue weighted by molar-refractivity contribution is -0.114. The van der Waals surface area contributed by atoms with E-state index in [2.05, 4.69) is 16.0 Å². The Morgan fingerprint density at radius 2 is 1.61 bits per heavy atom. The number of carbonyl (C=O) groups excluding carboxylic acids is 3. The van der Waals surface area contributed by atoms with Crippen LogP contribution in [0, 0.1) is 5.82 Å². The van der Waals surface area contributed by atoms with Gasteiger partial charge in [-0.3, -0.25) is 14.4 Å². The number of thioether (sulfide) groups is 1. The molecule has 0 spiro atoms. The van der Waals surface area contributed by atoms with Crippen molar-refractivity contribution in [3.05, 3.63) is 125 Å². The molecular weight excluding hydrogens is 565 g/mol. The van der Waals surface area contributed by atoms with E-state index < -0.39 is 17.6 Å². The van der Waals surface area contributed by atoms with Crippen LogP contribution >= 0.6 is 23.4 Å². The van der Waals surface area contributed by atoms with E-state index in [1.54, 1.807) is 86.0 Å². The fourth-order valence-electron chi connectivity index (χ4n) is 3.62. The van der Waals surface area contributed by atoms with Gasteiger partial charge in [0.1, 0.15) is 17.3 Å². The monoisotopic (exact) mass is 589 g/mol. The third-order valence-electron chi connectivity index (χ3n) is 5.65. The van der Waals surface area contributed by atoms with Crippen molar-refractivity contribution in [1.82, 2.24) is 5.32 Å². The van der Waals surface area contributed by atoms with E-state index in [-0.39, 0.29) is 27.9 Å². The second-order valence-electron chi connectivity index (χ2n) is 8.56. The summed E-state index contributed by atoms with van der Waals surface area (Å²) in [5.74, 6) is -1.27. The summed E-state index contributed by atoms with van der Waals surface area (Å²) in [6.07, 6.45) is 1.19. The van der Waals surface area contributed by atoms with E-state index in [9.17, 15) is 18.8 Å². The second kappa shape index (κ2) is 14.2. The lowest BCUT2D eigenvalue weighted by atomic mass is 10.1. The highest BCUT2D eigenvalue weighted by molar-refractivity contribution is 8.00. The topological polar surface area (TPSA) is 96.5 Å². The molecule has 0 aromatic heterocycles. The molecule has 0 aliphatic rings. The van der Waals surface area contributed by atoms with Gasteiger partial charge in [-0.25, -0.2) is 4.39 Å². The number of amides is 3. The van der Waals surface area contributed by atoms with Crippen LogP contribution < -0.4 is 20.7 Å². The van der Waals surface area contributed by atoms with Crippen molar-refractivity contribution in [2.75, 3.05) is 23.5 Å². The summed E-state index contributed by atoms with van der Waals surface area (Å²) in [5, 5.41) is 8.18. The molecule has 41 heavy (non-hydrogen) atoms. The van der Waals surface area contributed by atoms with E-state index in [4.69, 9.17) is 16.3 Å². The molecule has 0 saturated heterocycles. The van der Waals surface area contributed by atoms with Crippen LogP contribution in [0.4, 0.5) is 15.8 Å². The first-order chi connectivity index (χ1) is 19.8. The molecular formula is C31H25ClFN3O4S. The van der Waals surface area contributed by atoms with Gasteiger partial charge in [0.15, 0.2) is 0 Å². The van der Waals surface area contributed by atoms with Gasteiger partial charge < -0.3 is 20.7 Å². The Bertz CT molecular complexity index is 1560. The minimum atomic E-state index is -0.687. The summed E-state index contributed by atoms with van der Waals surface area (Å²) in [6.45, 7) is 0. The number of methoxy groups -OCH3 is 1. The number of nitrogens with one attached hydrogen (secondary N) is 3. The number of hydrogen-bond donors (Lipinski definition) is 3. The number of hydrogen-bond acceptors (Lipinski definition) is 5. The molecule has 3 N–H and O–H groups in total. The summed E-state index contributed by atoms with van der Waals surface area (Å²) in [7, 11) is 1.57. The molecule has 0 atom stereocenters. The van der Waals surface area contributed by atoms with Crippen molar-refractivity contribution in [2.24, 2.45) is 0 Å². The van der Waals surface area contributed by atoms with Gasteiger partial charge in [0.2, 0.25) is 5.91 Å². The summed E-state index contributed by atoms with van der Waals surface area (Å²) < 4.78 is 19.6. The van der Waals surface area contributed by atoms with Crippen LogP contribution in [0.1, 0.15) is 15.9 Å². The van der Waals surface area contributed by atoms with Crippen molar-refractivity contribution in [3.63, 3.8) is 0 Å². The number of ether oxygens (including phenoxy) is 1. The molecule has 0 aliphatic heterocycles. The Labute approximate surface area is 245 Å². The molecule has 0 aliphatic carbocycles. The van der Waals surface area contributed by atoms with Gasteiger partial charge in [-0.2, -0.15) is 0 Å². The van der Waals surface area contributed by atoms with Crippen molar-refractivity contribution in [3.8, 4) is 5.75 Å². The number of rotatable bonds is 10. The van der Waals surface area contributed by atoms with Crippen LogP contribution in [0.3, 0.4) is 0 Å². The molecule has 0 heterocycles. The SMILES string of the molecule is COc1ccc(NC(=O)CSc2cccc(NC(=O)/C(=C\c3c(F)cccc3Cl)NC(=O)c3ccccc3)c2)cc1. The number of benzene rings is 4. The van der Waals surface area contributed by atoms with Gasteiger partial charge in [-0.1, -0.05) is 41.9 Å². The maximum Gasteiger partial charge on any atom is 0.272 e. The molecule has 4 aromatic carbocycles. The van der Waals surface area contributed by atoms with Crippen LogP contribution in [0.25, 0.3) is 6.08 Å². The molecule has 7 nitrogen and oxygen atoms in total. The van der Waals surface area contributed by atoms with Gasteiger partial charge in [-0.15, -0.1) is 11.8 Å². The normalized spacial score (nSPS) is 11.0. The van der Waals surface area contributed by atoms with Crippen LogP contribution in [-0.4, -0.2) is 30.6 Å². The molecule has 208 valence electrons. The maximum absolute atomic E-state index is 14.5. The van der Waals surface area contributed by atoms with Gasteiger partial charge >= 0.3 is 0 Å². The van der Waals surface area contributed by atoms with Gasteiger partial charge in [0, 0.05) is 27.4 Å². The summed E-state index contributed by atoms with van der Waals surface area (Å²) in [6, 6.07) is 26.3. The first-order valence-electron chi connectivity index (χ1n) is 12.3. The smallest absolute Gasteiger partial charge is 0.272 e. The van der Waals surface area contributed by atoms with Gasteiger partial charge in [0.25, 0.3) is 11.8 Å². The van der Waals surface area contributed by atoms with Crippen LogP contribution in [0.5, 0.6) is 5.75 Å². The van der Waals surface area contributed by atoms with E-state index in [0.29, 0.717) is 22.7 Å². The maximum atomic E-state index is 14.5. The van der Waals surface area contributed by atoms with Crippen molar-refractivity contribution in [2.45, 2.75) is 4.90 Å². The van der Waals surface area contributed by atoms with Crippen molar-refractivity contribution < 1.29 is 23.5 Å². The predicted octanol–water partition coefficient (Wildman–Crippen LogP) is 6.63. The summed E-state index contributed by atoms with van der Waals surface area (Å²) in [4.78, 5) is 39.3. The van der Waals surface area contributed by atoms with Crippen LogP contribution in [-0.2, 0) is 9.59 Å². The molecule has 3 amide bonds. The fourth-order valence-corrected chi connectivity index (χ4v) is 4.59. The zero-order valence-electron chi connectivity index (χ0n) is 21.8. The Morgan fingerprint density at radius 1 is 0.878 bits per heavy atom. The minimum Gasteiger partial charge on any atom is -0.497 e. The Hall–Kier alpha value is -4.60. The van der Waals surface area contributed by atoms with Crippen molar-refractivity contribution in [1.29, 1.82) is 0 Å². The van der Waals surface area contributed by atoms with Gasteiger partial charge in [0.05, 0.1) is 17.9 Å². The predicted molar refractivity (Wildman–Crippen MR) is 161 cm³/mol. The number of anilines is 2. The Balaban J connectivity index is 1.46. The van der Waals surface area contributed by atoms with E-state index in [1.165, 1.54) is 36.0 Å². The average molecular weight is 590 g/mol. The average Bonchev–Trinajstić information content (AvgIpc) is 2.98. The first-order valence-corrected chi connectivity index (χ1v) is 13.7. The Morgan fingerprint density at radius 3 is 2.32 bits per heavy atom. The molecule has 10 heteroatoms. The standard InChI is InChI=1S/C31H25ClFN3O4S/c1-40-23-15-13-21(14-16-23)34-29(37)19-41-24-10-5-9-22(17-24)35-31(39)28(18-25-26(32)11-6-12-27(25)33)36-30(38)20-7-3-2-4-8-20/h2-18H,19H2,1H3,(H,34,37)(H,35,39)(H,36,38)/b28-18+. The lowest BCUT2D eigenvalue weighted by Gasteiger charge is -2.13. The highest BCUT2D eigenvalue weighted by Gasteiger charge is 2.17. The fraction of sp³-hybridized carbons (Fsp3) is 0.0645. The van der Waals surface area contributed by atoms with Crippen LogP contribution in [0.15, 0.2) is 108 Å². The molecule has 4 aromatic rings. The zero-order valence-corrected chi connectivity index (χ0v) is 23.4. The largest absolute Gasteiger partial charge is 0.497 e. The molecule has 0 bridgehead atoms. The first kappa shape index (κ1) is 29.4. The molecule has 0 fully saturated rings. The number of carbonyl (C=O) groups is 3. The van der Waals surface area contributed by atoms with Gasteiger partial charge in [-0.05, 0) is 72.8 Å². The molecule has 4 rings (SSSR count). The minimum absolute atomic E-state index is 0.0418. The lowest BCUT2D eigenvalue weighted by Crippen LogP contribution is -2.30. The molecule has 0 unspecified atom stereocenters. The Kier molecular flexibility index (Phi) is 10.1. The van der Waals surface area contributed by atoms with Crippen LogP contribution in [0.2, 0.25) is 5.02 Å². The third-order valence-corrected chi connectivity index (χ3v) is 6.98. The summed E-state index contributed by atoms with van der Waals surface area (Å²) >= 11 is 7.45. The molecule has 0 saturated carbocycles. The summed E-state index contributed by atoms with van der Waals surface area (Å²) in [5.41, 5.74) is 1.12. The quantitative estimate of drug-likeness (QED) is 0.143.